The van der Waals surface area contributed by atoms with Gasteiger partial charge < -0.3 is 15.1 Å². The van der Waals surface area contributed by atoms with Crippen LogP contribution in [0.25, 0.3) is 0 Å². The molecule has 114 valence electrons. The predicted octanol–water partition coefficient (Wildman–Crippen LogP) is 0.742. The molecule has 2 heterocycles. The van der Waals surface area contributed by atoms with Crippen molar-refractivity contribution >= 4 is 11.9 Å². The monoisotopic (exact) mass is 291 g/mol. The Morgan fingerprint density at radius 3 is 2.52 bits per heavy atom. The van der Waals surface area contributed by atoms with Gasteiger partial charge >= 0.3 is 6.03 Å². The Balaban J connectivity index is 1.95. The number of aromatic nitrogens is 2. The lowest BCUT2D eigenvalue weighted by molar-refractivity contribution is 0.0756. The molecule has 7 nitrogen and oxygen atoms in total. The molecule has 1 N–H and O–H groups in total. The second-order valence-electron chi connectivity index (χ2n) is 5.33. The van der Waals surface area contributed by atoms with Crippen LogP contribution in [0.1, 0.15) is 30.8 Å². The van der Waals surface area contributed by atoms with E-state index in [4.69, 9.17) is 0 Å². The summed E-state index contributed by atoms with van der Waals surface area (Å²) in [6.07, 6.45) is 5.28. The van der Waals surface area contributed by atoms with E-state index >= 15 is 0 Å². The van der Waals surface area contributed by atoms with Crippen LogP contribution in [0.15, 0.2) is 18.6 Å². The first-order valence-electron chi connectivity index (χ1n) is 7.18. The van der Waals surface area contributed by atoms with Crippen molar-refractivity contribution in [3.63, 3.8) is 0 Å². The van der Waals surface area contributed by atoms with E-state index in [1.54, 1.807) is 9.80 Å². The molecule has 1 saturated heterocycles. The van der Waals surface area contributed by atoms with E-state index in [0.29, 0.717) is 31.9 Å². The maximum atomic E-state index is 12.3. The highest BCUT2D eigenvalue weighted by molar-refractivity contribution is 5.92. The Morgan fingerprint density at radius 1 is 1.14 bits per heavy atom. The summed E-state index contributed by atoms with van der Waals surface area (Å²) in [7, 11) is 0. The number of nitrogens with one attached hydrogen (secondary N) is 1. The van der Waals surface area contributed by atoms with Crippen molar-refractivity contribution in [2.24, 2.45) is 0 Å². The molecule has 0 aromatic carbocycles. The molecule has 3 amide bonds. The summed E-state index contributed by atoms with van der Waals surface area (Å²) in [5.74, 6) is -0.130. The molecule has 0 bridgehead atoms. The van der Waals surface area contributed by atoms with Gasteiger partial charge in [0.2, 0.25) is 0 Å². The first-order valence-corrected chi connectivity index (χ1v) is 7.18. The van der Waals surface area contributed by atoms with Crippen LogP contribution in [0.5, 0.6) is 0 Å². The molecule has 1 aliphatic heterocycles. The summed E-state index contributed by atoms with van der Waals surface area (Å²) < 4.78 is 0. The van der Waals surface area contributed by atoms with Gasteiger partial charge in [-0.2, -0.15) is 0 Å². The minimum absolute atomic E-state index is 0.0706. The second-order valence-corrected chi connectivity index (χ2v) is 5.33. The summed E-state index contributed by atoms with van der Waals surface area (Å²) in [6.45, 7) is 6.19. The first kappa shape index (κ1) is 15.2. The smallest absolute Gasteiger partial charge is 0.317 e. The van der Waals surface area contributed by atoms with Crippen molar-refractivity contribution in [1.29, 1.82) is 0 Å². The van der Waals surface area contributed by atoms with E-state index in [1.165, 1.54) is 18.6 Å². The van der Waals surface area contributed by atoms with Crippen LogP contribution in [-0.4, -0.2) is 63.9 Å². The number of nitrogens with zero attached hydrogens (tertiary/aromatic N) is 4. The molecule has 0 aliphatic carbocycles. The highest BCUT2D eigenvalue weighted by Crippen LogP contribution is 2.07. The van der Waals surface area contributed by atoms with Gasteiger partial charge in [-0.25, -0.2) is 9.78 Å². The molecule has 1 aliphatic rings. The van der Waals surface area contributed by atoms with Crippen molar-refractivity contribution in [1.82, 2.24) is 25.1 Å². The maximum absolute atomic E-state index is 12.3. The van der Waals surface area contributed by atoms with Crippen molar-refractivity contribution < 1.29 is 9.59 Å². The third kappa shape index (κ3) is 4.14. The van der Waals surface area contributed by atoms with Crippen LogP contribution >= 0.6 is 0 Å². The number of carbonyl (C=O) groups excluding carboxylic acids is 2. The zero-order chi connectivity index (χ0) is 15.2. The average molecular weight is 291 g/mol. The molecule has 1 aromatic rings. The van der Waals surface area contributed by atoms with Crippen LogP contribution in [-0.2, 0) is 0 Å². The standard InChI is InChI=1S/C14H21N5O2/c1-11(2)17-14(21)19-7-3-6-18(8-9-19)13(20)12-10-15-4-5-16-12/h4-5,10-11H,3,6-9H2,1-2H3,(H,17,21). The molecular weight excluding hydrogens is 270 g/mol. The molecule has 0 radical (unpaired) electrons. The number of hydrogen-bond donors (Lipinski definition) is 1. The Kier molecular flexibility index (Phi) is 5.08. The topological polar surface area (TPSA) is 78.4 Å². The van der Waals surface area contributed by atoms with Crippen molar-refractivity contribution in [3.8, 4) is 0 Å². The molecule has 1 fully saturated rings. The van der Waals surface area contributed by atoms with Crippen molar-refractivity contribution in [2.75, 3.05) is 26.2 Å². The summed E-state index contributed by atoms with van der Waals surface area (Å²) >= 11 is 0. The predicted molar refractivity (Wildman–Crippen MR) is 77.8 cm³/mol. The normalized spacial score (nSPS) is 15.8. The van der Waals surface area contributed by atoms with Crippen LogP contribution in [0.2, 0.25) is 0 Å². The molecule has 0 saturated carbocycles. The maximum Gasteiger partial charge on any atom is 0.317 e. The minimum atomic E-state index is -0.130. The summed E-state index contributed by atoms with van der Waals surface area (Å²) in [5, 5.41) is 2.88. The number of hydrogen-bond acceptors (Lipinski definition) is 4. The SMILES string of the molecule is CC(C)NC(=O)N1CCCN(C(=O)c2cnccn2)CC1. The highest BCUT2D eigenvalue weighted by Gasteiger charge is 2.23. The molecule has 7 heteroatoms. The Hall–Kier alpha value is -2.18. The molecule has 21 heavy (non-hydrogen) atoms. The quantitative estimate of drug-likeness (QED) is 0.872. The van der Waals surface area contributed by atoms with Crippen LogP contribution in [0, 0.1) is 0 Å². The molecule has 0 atom stereocenters. The van der Waals surface area contributed by atoms with E-state index < -0.39 is 0 Å². The Bertz CT molecular complexity index is 491. The average Bonchev–Trinajstić information content (AvgIpc) is 2.72. The van der Waals surface area contributed by atoms with E-state index in [9.17, 15) is 9.59 Å². The van der Waals surface area contributed by atoms with Crippen LogP contribution in [0.3, 0.4) is 0 Å². The largest absolute Gasteiger partial charge is 0.336 e. The zero-order valence-electron chi connectivity index (χ0n) is 12.5. The first-order chi connectivity index (χ1) is 10.1. The van der Waals surface area contributed by atoms with Crippen LogP contribution in [0.4, 0.5) is 4.79 Å². The van der Waals surface area contributed by atoms with Gasteiger partial charge in [-0.3, -0.25) is 9.78 Å². The molecular formula is C14H21N5O2. The van der Waals surface area contributed by atoms with Crippen LogP contribution < -0.4 is 5.32 Å². The summed E-state index contributed by atoms with van der Waals surface area (Å²) in [5.41, 5.74) is 0.345. The Morgan fingerprint density at radius 2 is 1.86 bits per heavy atom. The summed E-state index contributed by atoms with van der Waals surface area (Å²) in [6, 6.07) is 0.0388. The fourth-order valence-electron chi connectivity index (χ4n) is 2.23. The fraction of sp³-hybridized carbons (Fsp3) is 0.571. The van der Waals surface area contributed by atoms with E-state index in [0.717, 1.165) is 6.42 Å². The molecule has 2 rings (SSSR count). The number of amides is 3. The second kappa shape index (κ2) is 7.01. The fourth-order valence-corrected chi connectivity index (χ4v) is 2.23. The van der Waals surface area contributed by atoms with Crippen molar-refractivity contribution in [2.45, 2.75) is 26.3 Å². The van der Waals surface area contributed by atoms with Gasteiger partial charge in [-0.15, -0.1) is 0 Å². The van der Waals surface area contributed by atoms with E-state index in [1.807, 2.05) is 13.8 Å². The number of carbonyl (C=O) groups is 2. The third-order valence-corrected chi connectivity index (χ3v) is 3.26. The lowest BCUT2D eigenvalue weighted by Crippen LogP contribution is -2.44. The van der Waals surface area contributed by atoms with E-state index in [2.05, 4.69) is 15.3 Å². The van der Waals surface area contributed by atoms with Gasteiger partial charge in [-0.1, -0.05) is 0 Å². The third-order valence-electron chi connectivity index (χ3n) is 3.26. The molecule has 1 aromatic heterocycles. The molecule has 0 spiro atoms. The molecule has 0 unspecified atom stereocenters. The lowest BCUT2D eigenvalue weighted by Gasteiger charge is -2.23. The minimum Gasteiger partial charge on any atom is -0.336 e. The van der Waals surface area contributed by atoms with Gasteiger partial charge in [0, 0.05) is 44.6 Å². The highest BCUT2D eigenvalue weighted by atomic mass is 16.2. The number of rotatable bonds is 2. The summed E-state index contributed by atoms with van der Waals surface area (Å²) in [4.78, 5) is 35.7. The lowest BCUT2D eigenvalue weighted by atomic mass is 10.3. The van der Waals surface area contributed by atoms with E-state index in [-0.39, 0.29) is 18.0 Å². The Labute approximate surface area is 124 Å². The van der Waals surface area contributed by atoms with Gasteiger partial charge in [0.25, 0.3) is 5.91 Å². The van der Waals surface area contributed by atoms with Gasteiger partial charge in [0.15, 0.2) is 0 Å². The van der Waals surface area contributed by atoms with Gasteiger partial charge in [-0.05, 0) is 20.3 Å². The number of urea groups is 1. The van der Waals surface area contributed by atoms with Crippen molar-refractivity contribution in [3.05, 3.63) is 24.3 Å². The van der Waals surface area contributed by atoms with Gasteiger partial charge in [0.1, 0.15) is 5.69 Å². The zero-order valence-corrected chi connectivity index (χ0v) is 12.5. The van der Waals surface area contributed by atoms with Gasteiger partial charge in [0.05, 0.1) is 6.20 Å².